The van der Waals surface area contributed by atoms with Gasteiger partial charge in [0.1, 0.15) is 5.56 Å². The van der Waals surface area contributed by atoms with E-state index in [4.69, 9.17) is 34.8 Å². The first-order valence-corrected chi connectivity index (χ1v) is 6.72. The second-order valence-corrected chi connectivity index (χ2v) is 5.28. The Kier molecular flexibility index (Phi) is 4.67. The Labute approximate surface area is 134 Å². The van der Waals surface area contributed by atoms with Gasteiger partial charge in [0.05, 0.1) is 15.6 Å². The Morgan fingerprint density at radius 3 is 2.33 bits per heavy atom. The first kappa shape index (κ1) is 15.6. The molecule has 0 radical (unpaired) electrons. The van der Waals surface area contributed by atoms with E-state index in [1.807, 2.05) is 0 Å². The third-order valence-corrected chi connectivity index (χ3v) is 3.38. The van der Waals surface area contributed by atoms with E-state index in [1.165, 1.54) is 24.3 Å². The van der Waals surface area contributed by atoms with E-state index in [9.17, 15) is 14.9 Å². The van der Waals surface area contributed by atoms with Crippen LogP contribution in [0, 0.1) is 10.1 Å². The summed E-state index contributed by atoms with van der Waals surface area (Å²) in [6.45, 7) is 0. The molecule has 21 heavy (non-hydrogen) atoms. The van der Waals surface area contributed by atoms with Crippen LogP contribution in [0.15, 0.2) is 36.4 Å². The van der Waals surface area contributed by atoms with Crippen molar-refractivity contribution < 1.29 is 9.72 Å². The summed E-state index contributed by atoms with van der Waals surface area (Å²) in [6.07, 6.45) is 0. The molecule has 0 saturated carbocycles. The number of hydrogen-bond acceptors (Lipinski definition) is 3. The third kappa shape index (κ3) is 3.64. The van der Waals surface area contributed by atoms with Gasteiger partial charge in [-0.05, 0) is 30.3 Å². The Morgan fingerprint density at radius 2 is 1.67 bits per heavy atom. The van der Waals surface area contributed by atoms with Gasteiger partial charge in [-0.2, -0.15) is 0 Å². The maximum atomic E-state index is 12.2. The minimum Gasteiger partial charge on any atom is -0.320 e. The van der Waals surface area contributed by atoms with Gasteiger partial charge in [0.2, 0.25) is 0 Å². The number of nitro groups is 1. The van der Waals surface area contributed by atoms with E-state index >= 15 is 0 Å². The summed E-state index contributed by atoms with van der Waals surface area (Å²) < 4.78 is 0. The molecular weight excluding hydrogens is 339 g/mol. The monoisotopic (exact) mass is 344 g/mol. The van der Waals surface area contributed by atoms with E-state index in [1.54, 1.807) is 6.07 Å². The Balaban J connectivity index is 2.39. The number of carbonyl (C=O) groups is 1. The van der Waals surface area contributed by atoms with E-state index in [-0.39, 0.29) is 27.0 Å². The zero-order chi connectivity index (χ0) is 15.6. The molecule has 0 spiro atoms. The topological polar surface area (TPSA) is 72.2 Å². The smallest absolute Gasteiger partial charge is 0.282 e. The number of rotatable bonds is 3. The van der Waals surface area contributed by atoms with Crippen LogP contribution < -0.4 is 5.32 Å². The lowest BCUT2D eigenvalue weighted by atomic mass is 10.1. The second-order valence-electron chi connectivity index (χ2n) is 4.00. The summed E-state index contributed by atoms with van der Waals surface area (Å²) in [7, 11) is 0. The van der Waals surface area contributed by atoms with Crippen LogP contribution in [0.2, 0.25) is 15.1 Å². The van der Waals surface area contributed by atoms with Crippen molar-refractivity contribution in [2.75, 3.05) is 5.32 Å². The normalized spacial score (nSPS) is 10.2. The van der Waals surface area contributed by atoms with Crippen molar-refractivity contribution in [2.24, 2.45) is 0 Å². The molecule has 5 nitrogen and oxygen atoms in total. The molecule has 0 fully saturated rings. The molecule has 1 amide bonds. The molecule has 2 aromatic carbocycles. The van der Waals surface area contributed by atoms with Gasteiger partial charge >= 0.3 is 0 Å². The number of hydrogen-bond donors (Lipinski definition) is 1. The van der Waals surface area contributed by atoms with Gasteiger partial charge in [-0.1, -0.05) is 34.8 Å². The minimum absolute atomic E-state index is 0.163. The summed E-state index contributed by atoms with van der Waals surface area (Å²) >= 11 is 17.5. The van der Waals surface area contributed by atoms with Crippen LogP contribution in [0.5, 0.6) is 0 Å². The summed E-state index contributed by atoms with van der Waals surface area (Å²) in [5.74, 6) is -0.701. The van der Waals surface area contributed by atoms with E-state index in [0.29, 0.717) is 5.02 Å². The van der Waals surface area contributed by atoms with E-state index in [0.717, 1.165) is 6.07 Å². The number of nitrogens with zero attached hydrogens (tertiary/aromatic N) is 1. The Bertz CT molecular complexity index is 735. The molecule has 0 heterocycles. The predicted molar refractivity (Wildman–Crippen MR) is 82.5 cm³/mol. The lowest BCUT2D eigenvalue weighted by molar-refractivity contribution is -0.385. The van der Waals surface area contributed by atoms with Gasteiger partial charge in [-0.3, -0.25) is 14.9 Å². The molecule has 108 valence electrons. The van der Waals surface area contributed by atoms with Crippen molar-refractivity contribution in [1.82, 2.24) is 0 Å². The number of anilines is 1. The second kappa shape index (κ2) is 6.30. The quantitative estimate of drug-likeness (QED) is 0.641. The van der Waals surface area contributed by atoms with Crippen LogP contribution in [-0.4, -0.2) is 10.8 Å². The van der Waals surface area contributed by atoms with Crippen LogP contribution in [0.25, 0.3) is 0 Å². The standard InChI is InChI=1S/C13H7Cl3N2O3/c14-7-2-4-12(18(20)21)9(5-7)13(19)17-11-6-8(15)1-3-10(11)16/h1-6H,(H,17,19). The summed E-state index contributed by atoms with van der Waals surface area (Å²) in [5.41, 5.74) is -0.262. The Hall–Kier alpha value is -1.82. The fourth-order valence-electron chi connectivity index (χ4n) is 1.63. The molecule has 0 bridgehead atoms. The van der Waals surface area contributed by atoms with Crippen LogP contribution in [0.3, 0.4) is 0 Å². The molecule has 0 atom stereocenters. The summed E-state index contributed by atoms with van der Waals surface area (Å²) in [6, 6.07) is 8.22. The molecule has 1 N–H and O–H groups in total. The van der Waals surface area contributed by atoms with Crippen LogP contribution in [-0.2, 0) is 0 Å². The molecule has 2 rings (SSSR count). The fraction of sp³-hybridized carbons (Fsp3) is 0. The van der Waals surface area contributed by atoms with Crippen LogP contribution in [0.4, 0.5) is 11.4 Å². The van der Waals surface area contributed by atoms with Crippen LogP contribution >= 0.6 is 34.8 Å². The third-order valence-electron chi connectivity index (χ3n) is 2.58. The molecule has 0 aromatic heterocycles. The van der Waals surface area contributed by atoms with Crippen molar-refractivity contribution in [3.63, 3.8) is 0 Å². The first-order valence-electron chi connectivity index (χ1n) is 5.59. The number of benzene rings is 2. The van der Waals surface area contributed by atoms with Gasteiger partial charge in [-0.15, -0.1) is 0 Å². The van der Waals surface area contributed by atoms with Gasteiger partial charge < -0.3 is 5.32 Å². The maximum Gasteiger partial charge on any atom is 0.282 e. The molecule has 0 unspecified atom stereocenters. The lowest BCUT2D eigenvalue weighted by Gasteiger charge is -2.08. The molecule has 0 aliphatic rings. The number of carbonyl (C=O) groups excluding carboxylic acids is 1. The minimum atomic E-state index is -0.701. The van der Waals surface area contributed by atoms with Crippen molar-refractivity contribution >= 4 is 52.1 Å². The molecule has 0 aliphatic heterocycles. The molecule has 2 aromatic rings. The van der Waals surface area contributed by atoms with Gasteiger partial charge in [0.15, 0.2) is 0 Å². The van der Waals surface area contributed by atoms with Crippen molar-refractivity contribution in [3.05, 3.63) is 67.1 Å². The first-order chi connectivity index (χ1) is 9.88. The van der Waals surface area contributed by atoms with Gasteiger partial charge in [0, 0.05) is 16.1 Å². The summed E-state index contributed by atoms with van der Waals surface area (Å²) in [5, 5.41) is 14.3. The van der Waals surface area contributed by atoms with E-state index < -0.39 is 10.8 Å². The highest BCUT2D eigenvalue weighted by molar-refractivity contribution is 6.36. The predicted octanol–water partition coefficient (Wildman–Crippen LogP) is 4.81. The number of halogens is 3. The molecule has 0 saturated heterocycles. The van der Waals surface area contributed by atoms with Gasteiger partial charge in [0.25, 0.3) is 11.6 Å². The number of amides is 1. The van der Waals surface area contributed by atoms with Crippen molar-refractivity contribution in [1.29, 1.82) is 0 Å². The van der Waals surface area contributed by atoms with Crippen molar-refractivity contribution in [3.8, 4) is 0 Å². The molecular formula is C13H7Cl3N2O3. The van der Waals surface area contributed by atoms with Gasteiger partial charge in [-0.25, -0.2) is 0 Å². The highest BCUT2D eigenvalue weighted by atomic mass is 35.5. The zero-order valence-corrected chi connectivity index (χ0v) is 12.5. The SMILES string of the molecule is O=C(Nc1cc(Cl)ccc1Cl)c1cc(Cl)ccc1[N+](=O)[O-]. The molecule has 0 aliphatic carbocycles. The highest BCUT2D eigenvalue weighted by Gasteiger charge is 2.21. The summed E-state index contributed by atoms with van der Waals surface area (Å²) in [4.78, 5) is 22.5. The van der Waals surface area contributed by atoms with Crippen molar-refractivity contribution in [2.45, 2.75) is 0 Å². The average Bonchev–Trinajstić information content (AvgIpc) is 2.42. The highest BCUT2D eigenvalue weighted by Crippen LogP contribution is 2.28. The lowest BCUT2D eigenvalue weighted by Crippen LogP contribution is -2.14. The Morgan fingerprint density at radius 1 is 1.05 bits per heavy atom. The maximum absolute atomic E-state index is 12.2. The zero-order valence-electron chi connectivity index (χ0n) is 10.3. The van der Waals surface area contributed by atoms with E-state index in [2.05, 4.69) is 5.32 Å². The fourth-order valence-corrected chi connectivity index (χ4v) is 2.14. The molecule has 8 heteroatoms. The average molecular weight is 346 g/mol. The number of nitro benzene ring substituents is 1. The van der Waals surface area contributed by atoms with Crippen LogP contribution in [0.1, 0.15) is 10.4 Å². The largest absolute Gasteiger partial charge is 0.320 e. The number of nitrogens with one attached hydrogen (secondary N) is 1.